The van der Waals surface area contributed by atoms with Crippen LogP contribution in [-0.4, -0.2) is 35.3 Å². The van der Waals surface area contributed by atoms with Crippen LogP contribution in [0.3, 0.4) is 0 Å². The molecule has 0 spiro atoms. The molecule has 1 aromatic carbocycles. The van der Waals surface area contributed by atoms with Crippen molar-refractivity contribution >= 4 is 17.4 Å². The molecule has 7 nitrogen and oxygen atoms in total. The van der Waals surface area contributed by atoms with Crippen molar-refractivity contribution in [2.24, 2.45) is 0 Å². The van der Waals surface area contributed by atoms with Gasteiger partial charge in [0.15, 0.2) is 5.82 Å². The Labute approximate surface area is 169 Å². The molecule has 3 rings (SSSR count). The Morgan fingerprint density at radius 1 is 1.21 bits per heavy atom. The van der Waals surface area contributed by atoms with Crippen LogP contribution in [0.15, 0.2) is 22.7 Å². The zero-order valence-electron chi connectivity index (χ0n) is 16.5. The molecule has 3 N–H and O–H groups in total. The molecule has 2 aromatic heterocycles. The van der Waals surface area contributed by atoms with Gasteiger partial charge in [0, 0.05) is 11.1 Å². The first-order valence-corrected chi connectivity index (χ1v) is 9.44. The third kappa shape index (κ3) is 4.10. The number of nitrogens with zero attached hydrogens (tertiary/aromatic N) is 3. The molecule has 0 atom stereocenters. The van der Waals surface area contributed by atoms with E-state index in [0.717, 1.165) is 29.8 Å². The maximum Gasteiger partial charge on any atom is 0.163 e. The summed E-state index contributed by atoms with van der Waals surface area (Å²) in [5.74, 6) is 2.20. The number of anilines is 1. The Bertz CT molecular complexity index is 967. The molecule has 28 heavy (non-hydrogen) atoms. The van der Waals surface area contributed by atoms with Gasteiger partial charge in [-0.15, -0.1) is 0 Å². The third-order valence-corrected chi connectivity index (χ3v) is 4.80. The summed E-state index contributed by atoms with van der Waals surface area (Å²) in [7, 11) is 1.91. The van der Waals surface area contributed by atoms with Crippen LogP contribution < -0.4 is 15.8 Å². The Hall–Kier alpha value is -2.64. The summed E-state index contributed by atoms with van der Waals surface area (Å²) >= 11 is 6.43. The SMILES string of the molecule is CNCCCOc1ccc(Cl)c(-c2nc(N)c(C)c(-c3c(C)noc3C)n2)c1. The average molecular weight is 402 g/mol. The molecule has 0 amide bonds. The molecule has 0 fully saturated rings. The highest BCUT2D eigenvalue weighted by molar-refractivity contribution is 6.33. The van der Waals surface area contributed by atoms with Crippen molar-refractivity contribution < 1.29 is 9.26 Å². The largest absolute Gasteiger partial charge is 0.494 e. The smallest absolute Gasteiger partial charge is 0.163 e. The van der Waals surface area contributed by atoms with E-state index in [1.54, 1.807) is 6.07 Å². The Morgan fingerprint density at radius 2 is 2.00 bits per heavy atom. The number of benzene rings is 1. The van der Waals surface area contributed by atoms with E-state index in [4.69, 9.17) is 31.6 Å². The number of aryl methyl sites for hydroxylation is 2. The topological polar surface area (TPSA) is 99.1 Å². The zero-order chi connectivity index (χ0) is 20.3. The summed E-state index contributed by atoms with van der Waals surface area (Å²) in [5.41, 5.74) is 9.88. The number of hydrogen-bond donors (Lipinski definition) is 2. The molecule has 0 radical (unpaired) electrons. The summed E-state index contributed by atoms with van der Waals surface area (Å²) in [4.78, 5) is 9.19. The van der Waals surface area contributed by atoms with Gasteiger partial charge >= 0.3 is 0 Å². The molecule has 0 saturated heterocycles. The van der Waals surface area contributed by atoms with Gasteiger partial charge in [0.2, 0.25) is 0 Å². The molecular formula is C20H24ClN5O2. The second kappa shape index (κ2) is 8.58. The predicted octanol–water partition coefficient (Wildman–Crippen LogP) is 3.95. The van der Waals surface area contributed by atoms with Crippen LogP contribution in [0.4, 0.5) is 5.82 Å². The van der Waals surface area contributed by atoms with Crippen LogP contribution in [0.25, 0.3) is 22.6 Å². The van der Waals surface area contributed by atoms with E-state index in [0.29, 0.717) is 46.0 Å². The maximum absolute atomic E-state index is 6.43. The molecule has 0 aliphatic heterocycles. The summed E-state index contributed by atoms with van der Waals surface area (Å²) in [5, 5.41) is 7.64. The van der Waals surface area contributed by atoms with Gasteiger partial charge in [0.1, 0.15) is 17.3 Å². The highest BCUT2D eigenvalue weighted by atomic mass is 35.5. The van der Waals surface area contributed by atoms with Crippen LogP contribution in [0, 0.1) is 20.8 Å². The minimum absolute atomic E-state index is 0.386. The minimum atomic E-state index is 0.386. The lowest BCUT2D eigenvalue weighted by atomic mass is 10.1. The highest BCUT2D eigenvalue weighted by Gasteiger charge is 2.20. The highest BCUT2D eigenvalue weighted by Crippen LogP contribution is 2.35. The molecular weight excluding hydrogens is 378 g/mol. The average Bonchev–Trinajstić information content (AvgIpc) is 3.00. The van der Waals surface area contributed by atoms with Crippen LogP contribution in [0.5, 0.6) is 5.75 Å². The van der Waals surface area contributed by atoms with Gasteiger partial charge in [-0.1, -0.05) is 16.8 Å². The molecule has 0 unspecified atom stereocenters. The van der Waals surface area contributed by atoms with E-state index in [-0.39, 0.29) is 0 Å². The summed E-state index contributed by atoms with van der Waals surface area (Å²) in [6.45, 7) is 7.08. The number of nitrogens with one attached hydrogen (secondary N) is 1. The fourth-order valence-corrected chi connectivity index (χ4v) is 3.13. The van der Waals surface area contributed by atoms with Crippen LogP contribution >= 0.6 is 11.6 Å². The van der Waals surface area contributed by atoms with E-state index >= 15 is 0 Å². The Balaban J connectivity index is 2.02. The summed E-state index contributed by atoms with van der Waals surface area (Å²) < 4.78 is 11.1. The first-order valence-electron chi connectivity index (χ1n) is 9.07. The maximum atomic E-state index is 6.43. The van der Waals surface area contributed by atoms with Gasteiger partial charge in [0.05, 0.1) is 28.6 Å². The number of nitrogens with two attached hydrogens (primary N) is 1. The van der Waals surface area contributed by atoms with Crippen molar-refractivity contribution in [1.29, 1.82) is 0 Å². The number of nitrogen functional groups attached to an aromatic ring is 1. The van der Waals surface area contributed by atoms with Crippen LogP contribution in [0.1, 0.15) is 23.4 Å². The molecule has 148 valence electrons. The number of ether oxygens (including phenoxy) is 1. The quantitative estimate of drug-likeness (QED) is 0.578. The van der Waals surface area contributed by atoms with Crippen LogP contribution in [-0.2, 0) is 0 Å². The van der Waals surface area contributed by atoms with E-state index < -0.39 is 0 Å². The molecule has 0 bridgehead atoms. The van der Waals surface area contributed by atoms with Crippen molar-refractivity contribution in [2.75, 3.05) is 25.9 Å². The molecule has 0 aliphatic carbocycles. The van der Waals surface area contributed by atoms with Crippen molar-refractivity contribution in [3.8, 4) is 28.4 Å². The van der Waals surface area contributed by atoms with Gasteiger partial charge in [-0.05, 0) is 59.0 Å². The van der Waals surface area contributed by atoms with Gasteiger partial charge in [0.25, 0.3) is 0 Å². The number of rotatable bonds is 7. The predicted molar refractivity (Wildman–Crippen MR) is 111 cm³/mol. The second-order valence-electron chi connectivity index (χ2n) is 6.55. The van der Waals surface area contributed by atoms with Gasteiger partial charge in [-0.2, -0.15) is 0 Å². The van der Waals surface area contributed by atoms with Crippen molar-refractivity contribution in [1.82, 2.24) is 20.4 Å². The van der Waals surface area contributed by atoms with Gasteiger partial charge in [-0.3, -0.25) is 0 Å². The molecule has 0 aliphatic rings. The van der Waals surface area contributed by atoms with E-state index in [2.05, 4.69) is 15.5 Å². The molecule has 0 saturated carbocycles. The fraction of sp³-hybridized carbons (Fsp3) is 0.350. The summed E-state index contributed by atoms with van der Waals surface area (Å²) in [6.07, 6.45) is 0.901. The lowest BCUT2D eigenvalue weighted by molar-refractivity contribution is 0.310. The van der Waals surface area contributed by atoms with Gasteiger partial charge in [-0.25, -0.2) is 9.97 Å². The lowest BCUT2D eigenvalue weighted by Crippen LogP contribution is -2.11. The molecule has 2 heterocycles. The van der Waals surface area contributed by atoms with Crippen molar-refractivity contribution in [3.05, 3.63) is 40.2 Å². The van der Waals surface area contributed by atoms with Crippen LogP contribution in [0.2, 0.25) is 5.02 Å². The van der Waals surface area contributed by atoms with E-state index in [1.807, 2.05) is 40.0 Å². The third-order valence-electron chi connectivity index (χ3n) is 4.47. The number of hydrogen-bond acceptors (Lipinski definition) is 7. The first-order chi connectivity index (χ1) is 13.4. The number of halogens is 1. The number of aromatic nitrogens is 3. The summed E-state index contributed by atoms with van der Waals surface area (Å²) in [6, 6.07) is 5.44. The van der Waals surface area contributed by atoms with Crippen molar-refractivity contribution in [3.63, 3.8) is 0 Å². The standard InChI is InChI=1S/C20H24ClN5O2/c1-11-18(17-12(2)26-28-13(17)3)24-20(25-19(11)22)15-10-14(6-7-16(15)21)27-9-5-8-23-4/h6-7,10,23H,5,8-9H2,1-4H3,(H2,22,24,25). The zero-order valence-corrected chi connectivity index (χ0v) is 17.2. The molecule has 3 aromatic rings. The lowest BCUT2D eigenvalue weighted by Gasteiger charge is -2.12. The van der Waals surface area contributed by atoms with Crippen molar-refractivity contribution in [2.45, 2.75) is 27.2 Å². The van der Waals surface area contributed by atoms with E-state index in [1.165, 1.54) is 0 Å². The fourth-order valence-electron chi connectivity index (χ4n) is 2.92. The van der Waals surface area contributed by atoms with E-state index in [9.17, 15) is 0 Å². The Kier molecular flexibility index (Phi) is 6.16. The van der Waals surface area contributed by atoms with Gasteiger partial charge < -0.3 is 20.3 Å². The normalized spacial score (nSPS) is 11.0. The first kappa shape index (κ1) is 20.1. The second-order valence-corrected chi connectivity index (χ2v) is 6.96. The minimum Gasteiger partial charge on any atom is -0.494 e. The molecule has 8 heteroatoms. The monoisotopic (exact) mass is 401 g/mol. The Morgan fingerprint density at radius 3 is 2.68 bits per heavy atom.